The van der Waals surface area contributed by atoms with E-state index in [4.69, 9.17) is 35.4 Å². The molecule has 3 aromatic rings. The van der Waals surface area contributed by atoms with E-state index in [1.807, 2.05) is 24.3 Å². The van der Waals surface area contributed by atoms with Crippen LogP contribution in [0.5, 0.6) is 5.88 Å². The van der Waals surface area contributed by atoms with Crippen molar-refractivity contribution >= 4 is 59.0 Å². The molecule has 4 rings (SSSR count). The predicted octanol–water partition coefficient (Wildman–Crippen LogP) is 5.16. The zero-order chi connectivity index (χ0) is 19.1. The maximum atomic E-state index is 12.5. The predicted molar refractivity (Wildman–Crippen MR) is 111 cm³/mol. The topological polar surface area (TPSA) is 70.4 Å². The van der Waals surface area contributed by atoms with Crippen LogP contribution in [0, 0.1) is 4.77 Å². The fourth-order valence-corrected chi connectivity index (χ4v) is 3.52. The first-order chi connectivity index (χ1) is 13.0. The van der Waals surface area contributed by atoms with Crippen LogP contribution in [0.3, 0.4) is 0 Å². The highest BCUT2D eigenvalue weighted by atomic mass is 35.5. The van der Waals surface area contributed by atoms with Crippen LogP contribution in [0.1, 0.15) is 11.1 Å². The van der Waals surface area contributed by atoms with Gasteiger partial charge in [0.05, 0.1) is 21.4 Å². The molecule has 5 nitrogen and oxygen atoms in total. The van der Waals surface area contributed by atoms with Crippen LogP contribution in [0.25, 0.3) is 17.3 Å². The Morgan fingerprint density at radius 3 is 2.74 bits per heavy atom. The molecule has 0 radical (unpaired) electrons. The highest BCUT2D eigenvalue weighted by molar-refractivity contribution is 7.71. The van der Waals surface area contributed by atoms with Gasteiger partial charge >= 0.3 is 0 Å². The molecule has 1 aliphatic heterocycles. The summed E-state index contributed by atoms with van der Waals surface area (Å²) in [6.45, 7) is 0. The van der Waals surface area contributed by atoms with Gasteiger partial charge in [0.25, 0.3) is 5.56 Å². The van der Waals surface area contributed by atoms with E-state index in [9.17, 15) is 9.90 Å². The number of H-pyrrole nitrogens is 1. The molecular weight excluding hydrogens is 405 g/mol. The third kappa shape index (κ3) is 3.02. The molecule has 27 heavy (non-hydrogen) atoms. The number of aliphatic imine (C=N–C) groups is 1. The zero-order valence-electron chi connectivity index (χ0n) is 13.6. The van der Waals surface area contributed by atoms with E-state index in [1.165, 1.54) is 4.57 Å². The minimum absolute atomic E-state index is 0.00399. The monoisotopic (exact) mass is 415 g/mol. The van der Waals surface area contributed by atoms with Gasteiger partial charge in [-0.2, -0.15) is 0 Å². The fraction of sp³-hybridized carbons (Fsp3) is 0. The van der Waals surface area contributed by atoms with Gasteiger partial charge in [-0.3, -0.25) is 19.3 Å². The van der Waals surface area contributed by atoms with Gasteiger partial charge in [-0.05, 0) is 36.5 Å². The number of nitrogens with zero attached hydrogens (tertiary/aromatic N) is 2. The molecule has 0 saturated carbocycles. The number of aromatic amines is 1. The molecule has 1 aromatic heterocycles. The van der Waals surface area contributed by atoms with Crippen molar-refractivity contribution in [1.82, 2.24) is 9.55 Å². The lowest BCUT2D eigenvalue weighted by molar-refractivity contribution is 0.432. The molecule has 134 valence electrons. The molecule has 0 unspecified atom stereocenters. The summed E-state index contributed by atoms with van der Waals surface area (Å²) in [4.78, 5) is 19.3. The Morgan fingerprint density at radius 1 is 1.15 bits per heavy atom. The molecule has 2 heterocycles. The van der Waals surface area contributed by atoms with E-state index in [0.717, 1.165) is 11.3 Å². The number of hydrogen-bond donors (Lipinski definition) is 2. The van der Waals surface area contributed by atoms with Crippen LogP contribution in [0.2, 0.25) is 10.0 Å². The molecule has 2 aromatic carbocycles. The minimum Gasteiger partial charge on any atom is -0.494 e. The lowest BCUT2D eigenvalue weighted by Gasteiger charge is -2.13. The maximum Gasteiger partial charge on any atom is 0.262 e. The van der Waals surface area contributed by atoms with Gasteiger partial charge in [0.2, 0.25) is 5.88 Å². The Morgan fingerprint density at radius 2 is 1.93 bits per heavy atom. The van der Waals surface area contributed by atoms with Crippen LogP contribution in [0.4, 0.5) is 5.69 Å². The Kier molecular flexibility index (Phi) is 4.47. The maximum absolute atomic E-state index is 12.5. The van der Waals surface area contributed by atoms with Gasteiger partial charge in [-0.15, -0.1) is 0 Å². The van der Waals surface area contributed by atoms with Crippen molar-refractivity contribution in [3.05, 3.63) is 78.8 Å². The van der Waals surface area contributed by atoms with E-state index >= 15 is 0 Å². The lowest BCUT2D eigenvalue weighted by Crippen LogP contribution is -2.16. The molecule has 0 bridgehead atoms. The first-order valence-corrected chi connectivity index (χ1v) is 9.01. The molecule has 0 amide bonds. The van der Waals surface area contributed by atoms with Crippen molar-refractivity contribution in [3.8, 4) is 11.6 Å². The largest absolute Gasteiger partial charge is 0.494 e. The third-order valence-corrected chi connectivity index (χ3v) is 5.24. The number of allylic oxidation sites excluding steroid dienone is 1. The normalized spacial score (nSPS) is 13.9. The van der Waals surface area contributed by atoms with Crippen molar-refractivity contribution in [1.29, 1.82) is 0 Å². The molecule has 0 aliphatic carbocycles. The van der Waals surface area contributed by atoms with Gasteiger partial charge in [-0.1, -0.05) is 47.5 Å². The molecule has 1 aliphatic rings. The lowest BCUT2D eigenvalue weighted by atomic mass is 10.1. The number of para-hydroxylation sites is 1. The van der Waals surface area contributed by atoms with E-state index < -0.39 is 5.56 Å². The molecule has 8 heteroatoms. The van der Waals surface area contributed by atoms with Crippen molar-refractivity contribution in [2.24, 2.45) is 4.99 Å². The minimum atomic E-state index is -0.516. The summed E-state index contributed by atoms with van der Waals surface area (Å²) in [5.41, 5.74) is 2.25. The van der Waals surface area contributed by atoms with Gasteiger partial charge in [0, 0.05) is 17.4 Å². The molecule has 0 fully saturated rings. The van der Waals surface area contributed by atoms with Crippen molar-refractivity contribution < 1.29 is 5.11 Å². The number of aromatic nitrogens is 2. The van der Waals surface area contributed by atoms with Gasteiger partial charge in [-0.25, -0.2) is 0 Å². The summed E-state index contributed by atoms with van der Waals surface area (Å²) in [5.74, 6) is -0.335. The molecule has 0 spiro atoms. The molecular formula is C19H11Cl2N3O2S. The number of hydrogen-bond acceptors (Lipinski definition) is 4. The van der Waals surface area contributed by atoms with Crippen molar-refractivity contribution in [3.63, 3.8) is 0 Å². The second-order valence-corrected chi connectivity index (χ2v) is 6.95. The van der Waals surface area contributed by atoms with Gasteiger partial charge in [0.1, 0.15) is 5.56 Å². The second kappa shape index (κ2) is 6.81. The van der Waals surface area contributed by atoms with Crippen LogP contribution >= 0.6 is 35.4 Å². The third-order valence-electron chi connectivity index (χ3n) is 4.15. The highest BCUT2D eigenvalue weighted by Gasteiger charge is 2.18. The van der Waals surface area contributed by atoms with Gasteiger partial charge in [0.15, 0.2) is 4.77 Å². The Hall–Kier alpha value is -2.67. The van der Waals surface area contributed by atoms with Gasteiger partial charge < -0.3 is 5.11 Å². The molecule has 0 atom stereocenters. The smallest absolute Gasteiger partial charge is 0.262 e. The average Bonchev–Trinajstić information content (AvgIpc) is 3.05. The standard InChI is InChI=1S/C19H11Cl2N3O2S/c20-13-5-3-7-15(16(13)21)24-18(26)12(17(25)23-19(24)27)8-10-9-22-14-6-2-1-4-11(10)14/h1-9,26H,(H,23,25,27). The Bertz CT molecular complexity index is 1260. The summed E-state index contributed by atoms with van der Waals surface area (Å²) < 4.78 is 1.28. The number of rotatable bonds is 2. The summed E-state index contributed by atoms with van der Waals surface area (Å²) >= 11 is 17.5. The fourth-order valence-electron chi connectivity index (χ4n) is 2.87. The summed E-state index contributed by atoms with van der Waals surface area (Å²) in [7, 11) is 0. The number of halogens is 2. The average molecular weight is 416 g/mol. The number of benzene rings is 2. The Balaban J connectivity index is 1.96. The van der Waals surface area contributed by atoms with E-state index in [-0.39, 0.29) is 21.2 Å². The quantitative estimate of drug-likeness (QED) is 0.567. The second-order valence-electron chi connectivity index (χ2n) is 5.78. The number of fused-ring (bicyclic) bond motifs is 1. The van der Waals surface area contributed by atoms with Crippen LogP contribution in [0.15, 0.2) is 52.3 Å². The number of nitrogens with one attached hydrogen (secondary N) is 1. The van der Waals surface area contributed by atoms with Crippen molar-refractivity contribution in [2.75, 3.05) is 0 Å². The summed E-state index contributed by atoms with van der Waals surface area (Å²) in [6, 6.07) is 12.5. The Labute approximate surface area is 168 Å². The van der Waals surface area contributed by atoms with Crippen molar-refractivity contribution in [2.45, 2.75) is 0 Å². The van der Waals surface area contributed by atoms with E-state index in [0.29, 0.717) is 16.3 Å². The summed E-state index contributed by atoms with van der Waals surface area (Å²) in [5, 5.41) is 11.3. The van der Waals surface area contributed by atoms with Crippen LogP contribution in [-0.2, 0) is 0 Å². The first kappa shape index (κ1) is 17.7. The van der Waals surface area contributed by atoms with Crippen LogP contribution in [-0.4, -0.2) is 20.9 Å². The van der Waals surface area contributed by atoms with E-state index in [2.05, 4.69) is 9.98 Å². The summed E-state index contributed by atoms with van der Waals surface area (Å²) in [6.07, 6.45) is 3.20. The highest BCUT2D eigenvalue weighted by Crippen LogP contribution is 2.34. The SMILES string of the molecule is O=c1[nH]c(=S)n(-c2cccc(Cl)c2Cl)c(O)c1C=C1C=Nc2ccccc21. The van der Waals surface area contributed by atoms with E-state index in [1.54, 1.807) is 30.5 Å². The number of aromatic hydroxyl groups is 1. The molecule has 2 N–H and O–H groups in total. The van der Waals surface area contributed by atoms with Crippen LogP contribution < -0.4 is 5.56 Å². The molecule has 0 saturated heterocycles. The first-order valence-electron chi connectivity index (χ1n) is 7.85. The zero-order valence-corrected chi connectivity index (χ0v) is 15.9.